The van der Waals surface area contributed by atoms with Crippen LogP contribution in [0.3, 0.4) is 0 Å². The number of nitrogens with zero attached hydrogens (tertiary/aromatic N) is 5. The molecule has 1 aromatic heterocycles. The predicted octanol–water partition coefficient (Wildman–Crippen LogP) is 5.73. The van der Waals surface area contributed by atoms with E-state index in [1.807, 2.05) is 6.07 Å². The number of hydrogen-bond acceptors (Lipinski definition) is 9. The van der Waals surface area contributed by atoms with E-state index in [0.29, 0.717) is 11.3 Å². The molecule has 35 heavy (non-hydrogen) atoms. The Morgan fingerprint density at radius 1 is 1.09 bits per heavy atom. The fourth-order valence-electron chi connectivity index (χ4n) is 3.06. The summed E-state index contributed by atoms with van der Waals surface area (Å²) in [4.78, 5) is 29.6. The van der Waals surface area contributed by atoms with E-state index < -0.39 is 10.5 Å². The van der Waals surface area contributed by atoms with Gasteiger partial charge in [-0.3, -0.25) is 19.9 Å². The van der Waals surface area contributed by atoms with Crippen LogP contribution in [-0.2, 0) is 0 Å². The molecule has 0 aliphatic carbocycles. The van der Waals surface area contributed by atoms with Crippen molar-refractivity contribution >= 4 is 40.3 Å². The second-order valence-electron chi connectivity index (χ2n) is 7.04. The molecule has 0 bridgehead atoms. The smallest absolute Gasteiger partial charge is 0.271 e. The Labute approximate surface area is 202 Å². The van der Waals surface area contributed by atoms with Crippen LogP contribution in [0.2, 0.25) is 5.02 Å². The number of nitro groups is 1. The molecule has 0 amide bonds. The predicted molar refractivity (Wildman–Crippen MR) is 129 cm³/mol. The number of phenols is 1. The van der Waals surface area contributed by atoms with Gasteiger partial charge in [0, 0.05) is 23.4 Å². The van der Waals surface area contributed by atoms with E-state index in [1.54, 1.807) is 30.3 Å². The Hall–Kier alpha value is -5.08. The zero-order valence-electron chi connectivity index (χ0n) is 17.6. The topological polar surface area (TPSA) is 170 Å². The molecule has 0 aliphatic heterocycles. The van der Waals surface area contributed by atoms with Gasteiger partial charge >= 0.3 is 0 Å². The van der Waals surface area contributed by atoms with Crippen LogP contribution in [0.1, 0.15) is 5.56 Å². The number of nitrogens with one attached hydrogen (secondary N) is 2. The summed E-state index contributed by atoms with van der Waals surface area (Å²) in [5, 5.41) is 41.3. The normalized spacial score (nSPS) is 10.7. The first kappa shape index (κ1) is 23.1. The number of anilines is 2. The summed E-state index contributed by atoms with van der Waals surface area (Å²) < 4.78 is 0. The molecule has 0 unspecified atom stereocenters. The van der Waals surface area contributed by atoms with Crippen molar-refractivity contribution in [1.82, 2.24) is 9.97 Å². The largest absolute Gasteiger partial charge is 0.506 e. The van der Waals surface area contributed by atoms with Gasteiger partial charge in [-0.1, -0.05) is 41.9 Å². The standard InChI is InChI=1S/C23H14ClN7O4/c24-17-11-15(31(34)35)7-8-18(17)29-30-19-10-14(6-9-20(19)32)26-23-27-21(13-4-2-1-3-5-13)16(12-25)22(33)28-23/h1-11,32H,(H2,26,27,28,33). The van der Waals surface area contributed by atoms with Crippen LogP contribution in [0.15, 0.2) is 81.8 Å². The van der Waals surface area contributed by atoms with E-state index in [9.17, 15) is 25.3 Å². The van der Waals surface area contributed by atoms with Crippen LogP contribution in [0.4, 0.5) is 28.7 Å². The number of nitro benzene ring substituents is 1. The molecule has 0 aliphatic rings. The third-order valence-electron chi connectivity index (χ3n) is 4.72. The molecular weight excluding hydrogens is 474 g/mol. The molecule has 1 heterocycles. The van der Waals surface area contributed by atoms with E-state index in [4.69, 9.17) is 11.6 Å². The van der Waals surface area contributed by atoms with Crippen molar-refractivity contribution in [2.75, 3.05) is 5.32 Å². The molecular formula is C23H14ClN7O4. The quantitative estimate of drug-likeness (QED) is 0.135. The maximum Gasteiger partial charge on any atom is 0.271 e. The number of halogens is 1. The van der Waals surface area contributed by atoms with Gasteiger partial charge < -0.3 is 10.4 Å². The molecule has 0 saturated heterocycles. The molecule has 0 atom stereocenters. The zero-order chi connectivity index (χ0) is 24.9. The molecule has 0 saturated carbocycles. The first-order chi connectivity index (χ1) is 16.9. The first-order valence-electron chi connectivity index (χ1n) is 9.91. The van der Waals surface area contributed by atoms with Crippen LogP contribution in [-0.4, -0.2) is 20.0 Å². The van der Waals surface area contributed by atoms with Crippen LogP contribution in [0, 0.1) is 21.4 Å². The molecule has 0 spiro atoms. The average molecular weight is 488 g/mol. The van der Waals surface area contributed by atoms with Crippen molar-refractivity contribution in [3.05, 3.63) is 97.8 Å². The van der Waals surface area contributed by atoms with Crippen LogP contribution in [0.5, 0.6) is 5.75 Å². The second-order valence-corrected chi connectivity index (χ2v) is 7.44. The first-order valence-corrected chi connectivity index (χ1v) is 10.3. The Morgan fingerprint density at radius 3 is 2.51 bits per heavy atom. The van der Waals surface area contributed by atoms with Gasteiger partial charge in [0.2, 0.25) is 5.95 Å². The average Bonchev–Trinajstić information content (AvgIpc) is 2.85. The van der Waals surface area contributed by atoms with Gasteiger partial charge in [-0.15, -0.1) is 10.2 Å². The number of benzene rings is 3. The second kappa shape index (κ2) is 9.82. The lowest BCUT2D eigenvalue weighted by molar-refractivity contribution is -0.384. The summed E-state index contributed by atoms with van der Waals surface area (Å²) in [6, 6.07) is 18.7. The highest BCUT2D eigenvalue weighted by Crippen LogP contribution is 2.34. The molecule has 3 aromatic carbocycles. The number of rotatable bonds is 6. The van der Waals surface area contributed by atoms with E-state index >= 15 is 0 Å². The van der Waals surface area contributed by atoms with Crippen LogP contribution < -0.4 is 10.9 Å². The lowest BCUT2D eigenvalue weighted by Crippen LogP contribution is -2.16. The Kier molecular flexibility index (Phi) is 6.48. The number of azo groups is 1. The van der Waals surface area contributed by atoms with Gasteiger partial charge in [0.25, 0.3) is 11.2 Å². The number of non-ortho nitro benzene ring substituents is 1. The maximum atomic E-state index is 12.4. The molecule has 0 radical (unpaired) electrons. The number of hydrogen-bond donors (Lipinski definition) is 3. The molecule has 172 valence electrons. The SMILES string of the molecule is N#Cc1c(-c2ccccc2)nc(Nc2ccc(O)c(N=Nc3ccc([N+](=O)[O-])cc3Cl)c2)[nH]c1=O. The van der Waals surface area contributed by atoms with E-state index in [2.05, 4.69) is 25.5 Å². The monoisotopic (exact) mass is 487 g/mol. The lowest BCUT2D eigenvalue weighted by atomic mass is 10.1. The lowest BCUT2D eigenvalue weighted by Gasteiger charge is -2.09. The van der Waals surface area contributed by atoms with E-state index in [1.165, 1.54) is 30.3 Å². The van der Waals surface area contributed by atoms with Gasteiger partial charge in [-0.2, -0.15) is 5.26 Å². The van der Waals surface area contributed by atoms with Gasteiger partial charge in [-0.05, 0) is 24.3 Å². The summed E-state index contributed by atoms with van der Waals surface area (Å²) in [6.07, 6.45) is 0. The van der Waals surface area contributed by atoms with Gasteiger partial charge in [0.1, 0.15) is 28.8 Å². The minimum atomic E-state index is -0.615. The highest BCUT2D eigenvalue weighted by atomic mass is 35.5. The third-order valence-corrected chi connectivity index (χ3v) is 5.03. The van der Waals surface area contributed by atoms with E-state index in [-0.39, 0.29) is 45.0 Å². The summed E-state index contributed by atoms with van der Waals surface area (Å²) in [5.41, 5.74) is 0.506. The van der Waals surface area contributed by atoms with Crippen molar-refractivity contribution in [1.29, 1.82) is 5.26 Å². The van der Waals surface area contributed by atoms with Crippen LogP contribution in [0.25, 0.3) is 11.3 Å². The van der Waals surface area contributed by atoms with Crippen molar-refractivity contribution in [3.8, 4) is 23.1 Å². The summed E-state index contributed by atoms with van der Waals surface area (Å²) in [5.74, 6) is -0.122. The summed E-state index contributed by atoms with van der Waals surface area (Å²) >= 11 is 6.02. The number of aromatic amines is 1. The molecule has 11 nitrogen and oxygen atoms in total. The van der Waals surface area contributed by atoms with E-state index in [0.717, 1.165) is 6.07 Å². The fourth-order valence-corrected chi connectivity index (χ4v) is 3.27. The van der Waals surface area contributed by atoms with Gasteiger partial charge in [0.15, 0.2) is 0 Å². The molecule has 3 N–H and O–H groups in total. The number of aromatic hydroxyl groups is 1. The van der Waals surface area contributed by atoms with Crippen molar-refractivity contribution in [2.45, 2.75) is 0 Å². The summed E-state index contributed by atoms with van der Waals surface area (Å²) in [7, 11) is 0. The number of aromatic nitrogens is 2. The van der Waals surface area contributed by atoms with Crippen molar-refractivity contribution < 1.29 is 10.0 Å². The molecule has 12 heteroatoms. The molecule has 0 fully saturated rings. The fraction of sp³-hybridized carbons (Fsp3) is 0. The van der Waals surface area contributed by atoms with Gasteiger partial charge in [0.05, 0.1) is 15.6 Å². The third kappa shape index (κ3) is 5.13. The Bertz CT molecular complexity index is 1560. The van der Waals surface area contributed by atoms with Crippen LogP contribution >= 0.6 is 11.6 Å². The Balaban J connectivity index is 1.64. The number of nitriles is 1. The maximum absolute atomic E-state index is 12.4. The minimum Gasteiger partial charge on any atom is -0.506 e. The van der Waals surface area contributed by atoms with Crippen molar-refractivity contribution in [2.24, 2.45) is 10.2 Å². The molecule has 4 aromatic rings. The summed E-state index contributed by atoms with van der Waals surface area (Å²) in [6.45, 7) is 0. The highest BCUT2D eigenvalue weighted by molar-refractivity contribution is 6.33. The van der Waals surface area contributed by atoms with Gasteiger partial charge in [-0.25, -0.2) is 4.98 Å². The number of phenolic OH excluding ortho intramolecular Hbond substituents is 1. The zero-order valence-corrected chi connectivity index (χ0v) is 18.4. The van der Waals surface area contributed by atoms with Crippen molar-refractivity contribution in [3.63, 3.8) is 0 Å². The number of H-pyrrole nitrogens is 1. The minimum absolute atomic E-state index is 0.0181. The molecule has 4 rings (SSSR count). The highest BCUT2D eigenvalue weighted by Gasteiger charge is 2.14. The Morgan fingerprint density at radius 2 is 1.83 bits per heavy atom.